The number of aliphatic carboxylic acids is 2. The summed E-state index contributed by atoms with van der Waals surface area (Å²) in [4.78, 5) is 24.7. The topological polar surface area (TPSA) is 74.6 Å². The van der Waals surface area contributed by atoms with Crippen LogP contribution in [-0.2, 0) is 9.59 Å². The lowest BCUT2D eigenvalue weighted by atomic mass is 9.52. The molecule has 0 spiro atoms. The van der Waals surface area contributed by atoms with Gasteiger partial charge in [-0.2, -0.15) is 0 Å². The van der Waals surface area contributed by atoms with Crippen LogP contribution in [-0.4, -0.2) is 22.2 Å². The largest absolute Gasteiger partial charge is 0.481 e. The Morgan fingerprint density at radius 3 is 1.67 bits per heavy atom. The normalized spacial score (nSPS) is 25.6. The van der Waals surface area contributed by atoms with Crippen molar-refractivity contribution in [1.29, 1.82) is 0 Å². The Kier molecular flexibility index (Phi) is 10.4. The van der Waals surface area contributed by atoms with Crippen LogP contribution in [0.15, 0.2) is 0 Å². The number of carbonyl (C=O) groups is 2. The summed E-state index contributed by atoms with van der Waals surface area (Å²) in [7, 11) is 0. The SMILES string of the molecule is CCCCC1(C(=O)O)CCCCC1(CCCCCCCCC(C)C)C(=O)O. The highest BCUT2D eigenvalue weighted by Crippen LogP contribution is 2.56. The standard InChI is InChI=1S/C23H42O4/c1-4-5-15-22(20(24)25)17-12-13-18-23(22,21(26)27)16-11-9-7-6-8-10-14-19(2)3/h19H,4-18H2,1-3H3,(H,24,25)(H,26,27). The van der Waals surface area contributed by atoms with Crippen LogP contribution < -0.4 is 0 Å². The van der Waals surface area contributed by atoms with Crippen molar-refractivity contribution < 1.29 is 19.8 Å². The van der Waals surface area contributed by atoms with E-state index >= 15 is 0 Å². The van der Waals surface area contributed by atoms with Crippen LogP contribution in [0.4, 0.5) is 0 Å². The summed E-state index contributed by atoms with van der Waals surface area (Å²) >= 11 is 0. The van der Waals surface area contributed by atoms with Gasteiger partial charge in [-0.1, -0.05) is 91.4 Å². The average molecular weight is 383 g/mol. The maximum absolute atomic E-state index is 12.4. The van der Waals surface area contributed by atoms with Gasteiger partial charge >= 0.3 is 11.9 Å². The highest BCUT2D eigenvalue weighted by Gasteiger charge is 2.61. The Bertz CT molecular complexity index is 459. The fourth-order valence-electron chi connectivity index (χ4n) is 5.06. The van der Waals surface area contributed by atoms with Gasteiger partial charge in [0.1, 0.15) is 0 Å². The van der Waals surface area contributed by atoms with E-state index in [1.165, 1.54) is 25.7 Å². The zero-order valence-corrected chi connectivity index (χ0v) is 17.9. The van der Waals surface area contributed by atoms with Gasteiger partial charge in [-0.25, -0.2) is 0 Å². The van der Waals surface area contributed by atoms with E-state index in [0.29, 0.717) is 25.7 Å². The second kappa shape index (κ2) is 11.7. The van der Waals surface area contributed by atoms with Gasteiger partial charge in [0.2, 0.25) is 0 Å². The van der Waals surface area contributed by atoms with E-state index in [1.807, 2.05) is 6.92 Å². The Balaban J connectivity index is 2.68. The van der Waals surface area contributed by atoms with Crippen LogP contribution >= 0.6 is 0 Å². The lowest BCUT2D eigenvalue weighted by molar-refractivity contribution is -0.182. The first-order chi connectivity index (χ1) is 12.8. The summed E-state index contributed by atoms with van der Waals surface area (Å²) in [5.41, 5.74) is -2.16. The average Bonchev–Trinajstić information content (AvgIpc) is 2.62. The van der Waals surface area contributed by atoms with E-state index in [4.69, 9.17) is 0 Å². The third-order valence-corrected chi connectivity index (χ3v) is 6.78. The molecule has 4 nitrogen and oxygen atoms in total. The van der Waals surface area contributed by atoms with Crippen LogP contribution in [0, 0.1) is 16.7 Å². The lowest BCUT2D eigenvalue weighted by Gasteiger charge is -2.48. The number of hydrogen-bond acceptors (Lipinski definition) is 2. The molecule has 27 heavy (non-hydrogen) atoms. The van der Waals surface area contributed by atoms with E-state index < -0.39 is 22.8 Å². The second-order valence-electron chi connectivity index (χ2n) is 9.14. The summed E-state index contributed by atoms with van der Waals surface area (Å²) in [5.74, 6) is -0.997. The zero-order valence-electron chi connectivity index (χ0n) is 17.9. The maximum atomic E-state index is 12.4. The van der Waals surface area contributed by atoms with Crippen LogP contribution in [0.25, 0.3) is 0 Å². The molecule has 0 radical (unpaired) electrons. The minimum absolute atomic E-state index is 0.500. The Hall–Kier alpha value is -1.06. The lowest BCUT2D eigenvalue weighted by Crippen LogP contribution is -2.54. The molecule has 0 aliphatic heterocycles. The van der Waals surface area contributed by atoms with Gasteiger partial charge in [-0.05, 0) is 31.6 Å². The quantitative estimate of drug-likeness (QED) is 0.329. The summed E-state index contributed by atoms with van der Waals surface area (Å²) in [5, 5.41) is 20.2. The van der Waals surface area contributed by atoms with Gasteiger partial charge < -0.3 is 10.2 Å². The van der Waals surface area contributed by atoms with Crippen LogP contribution in [0.3, 0.4) is 0 Å². The molecule has 0 aromatic rings. The van der Waals surface area contributed by atoms with Gasteiger partial charge in [-0.15, -0.1) is 0 Å². The van der Waals surface area contributed by atoms with Gasteiger partial charge in [0.05, 0.1) is 10.8 Å². The smallest absolute Gasteiger partial charge is 0.310 e. The number of hydrogen-bond donors (Lipinski definition) is 2. The molecular weight excluding hydrogens is 340 g/mol. The van der Waals surface area contributed by atoms with E-state index in [9.17, 15) is 19.8 Å². The van der Waals surface area contributed by atoms with Crippen LogP contribution in [0.2, 0.25) is 0 Å². The van der Waals surface area contributed by atoms with Crippen molar-refractivity contribution in [3.8, 4) is 0 Å². The molecule has 1 aliphatic carbocycles. The first kappa shape index (κ1) is 24.0. The van der Waals surface area contributed by atoms with Crippen molar-refractivity contribution in [2.75, 3.05) is 0 Å². The Labute approximate surface area is 166 Å². The fraction of sp³-hybridized carbons (Fsp3) is 0.913. The maximum Gasteiger partial charge on any atom is 0.310 e. The van der Waals surface area contributed by atoms with Crippen molar-refractivity contribution in [1.82, 2.24) is 0 Å². The third-order valence-electron chi connectivity index (χ3n) is 6.78. The Morgan fingerprint density at radius 1 is 0.778 bits per heavy atom. The molecule has 2 N–H and O–H groups in total. The molecule has 2 atom stereocenters. The summed E-state index contributed by atoms with van der Waals surface area (Å²) < 4.78 is 0. The van der Waals surface area contributed by atoms with Crippen molar-refractivity contribution >= 4 is 11.9 Å². The summed E-state index contributed by atoms with van der Waals surface area (Å²) in [6.45, 7) is 6.55. The molecule has 1 rings (SSSR count). The number of carboxylic acids is 2. The predicted octanol–water partition coefficient (Wildman–Crippen LogP) is 6.67. The molecule has 2 unspecified atom stereocenters. The summed E-state index contributed by atoms with van der Waals surface area (Å²) in [6, 6.07) is 0. The van der Waals surface area contributed by atoms with E-state index in [0.717, 1.165) is 50.9 Å². The third kappa shape index (κ3) is 6.22. The number of carboxylic acid groups (broad SMARTS) is 2. The fourth-order valence-corrected chi connectivity index (χ4v) is 5.06. The number of unbranched alkanes of at least 4 members (excludes halogenated alkanes) is 6. The minimum Gasteiger partial charge on any atom is -0.481 e. The second-order valence-corrected chi connectivity index (χ2v) is 9.14. The molecule has 0 aromatic heterocycles. The van der Waals surface area contributed by atoms with Gasteiger partial charge in [0.25, 0.3) is 0 Å². The first-order valence-electron chi connectivity index (χ1n) is 11.3. The molecule has 1 saturated carbocycles. The molecule has 0 heterocycles. The Morgan fingerprint density at radius 2 is 1.22 bits per heavy atom. The molecule has 158 valence electrons. The summed E-state index contributed by atoms with van der Waals surface area (Å²) in [6.07, 6.45) is 13.4. The van der Waals surface area contributed by atoms with E-state index in [1.54, 1.807) is 0 Å². The molecule has 0 bridgehead atoms. The molecule has 1 fully saturated rings. The van der Waals surface area contributed by atoms with Gasteiger partial charge in [0.15, 0.2) is 0 Å². The monoisotopic (exact) mass is 382 g/mol. The molecule has 0 aromatic carbocycles. The van der Waals surface area contributed by atoms with E-state index in [-0.39, 0.29) is 0 Å². The van der Waals surface area contributed by atoms with E-state index in [2.05, 4.69) is 13.8 Å². The van der Waals surface area contributed by atoms with Crippen LogP contribution in [0.1, 0.15) is 117 Å². The van der Waals surface area contributed by atoms with Gasteiger partial charge in [0, 0.05) is 0 Å². The van der Waals surface area contributed by atoms with Gasteiger partial charge in [-0.3, -0.25) is 9.59 Å². The highest BCUT2D eigenvalue weighted by molar-refractivity contribution is 5.87. The van der Waals surface area contributed by atoms with Crippen LogP contribution in [0.5, 0.6) is 0 Å². The first-order valence-corrected chi connectivity index (χ1v) is 11.3. The zero-order chi connectivity index (χ0) is 20.3. The molecular formula is C23H42O4. The molecule has 0 amide bonds. The van der Waals surface area contributed by atoms with Crippen molar-refractivity contribution in [2.24, 2.45) is 16.7 Å². The van der Waals surface area contributed by atoms with Crippen molar-refractivity contribution in [3.63, 3.8) is 0 Å². The molecule has 4 heteroatoms. The number of rotatable bonds is 14. The predicted molar refractivity (Wildman–Crippen MR) is 110 cm³/mol. The highest BCUT2D eigenvalue weighted by atomic mass is 16.4. The minimum atomic E-state index is -1.08. The molecule has 0 saturated heterocycles. The van der Waals surface area contributed by atoms with Crippen molar-refractivity contribution in [2.45, 2.75) is 117 Å². The molecule has 1 aliphatic rings. The van der Waals surface area contributed by atoms with Crippen molar-refractivity contribution in [3.05, 3.63) is 0 Å².